The first-order chi connectivity index (χ1) is 11.3. The minimum Gasteiger partial charge on any atom is -0.488 e. The molecule has 0 aromatic heterocycles. The Hall–Kier alpha value is -2.00. The Labute approximate surface area is 138 Å². The van der Waals surface area contributed by atoms with Gasteiger partial charge in [-0.15, -0.1) is 0 Å². The molecule has 0 N–H and O–H groups in total. The van der Waals surface area contributed by atoms with Gasteiger partial charge in [0, 0.05) is 6.54 Å². The third kappa shape index (κ3) is 4.73. The van der Waals surface area contributed by atoms with E-state index in [1.54, 1.807) is 0 Å². The molecule has 0 atom stereocenters. The van der Waals surface area contributed by atoms with E-state index in [4.69, 9.17) is 9.47 Å². The summed E-state index contributed by atoms with van der Waals surface area (Å²) < 4.78 is 11.9. The van der Waals surface area contributed by atoms with Gasteiger partial charge in [-0.25, -0.2) is 0 Å². The normalized spacial score (nSPS) is 15.3. The second kappa shape index (κ2) is 8.02. The molecule has 1 saturated heterocycles. The maximum absolute atomic E-state index is 5.97. The Morgan fingerprint density at radius 3 is 2.30 bits per heavy atom. The molecule has 3 heteroatoms. The number of ether oxygens (including phenoxy) is 2. The second-order valence-corrected chi connectivity index (χ2v) is 6.11. The number of rotatable bonds is 6. The highest BCUT2D eigenvalue weighted by Crippen LogP contribution is 2.31. The van der Waals surface area contributed by atoms with Crippen molar-refractivity contribution in [2.45, 2.75) is 26.2 Å². The van der Waals surface area contributed by atoms with Gasteiger partial charge in [-0.1, -0.05) is 36.2 Å². The molecule has 2 aromatic rings. The van der Waals surface area contributed by atoms with Gasteiger partial charge in [0.2, 0.25) is 0 Å². The third-order valence-electron chi connectivity index (χ3n) is 4.21. The van der Waals surface area contributed by atoms with Gasteiger partial charge >= 0.3 is 0 Å². The van der Waals surface area contributed by atoms with E-state index >= 15 is 0 Å². The van der Waals surface area contributed by atoms with E-state index in [0.29, 0.717) is 6.61 Å². The number of nitrogens with zero attached hydrogens (tertiary/aromatic N) is 1. The maximum atomic E-state index is 5.97. The summed E-state index contributed by atoms with van der Waals surface area (Å²) in [5.74, 6) is 2.42. The minimum absolute atomic E-state index is 0.703. The molecule has 1 aliphatic rings. The summed E-state index contributed by atoms with van der Waals surface area (Å²) in [5, 5.41) is 0. The highest BCUT2D eigenvalue weighted by molar-refractivity contribution is 5.43. The monoisotopic (exact) mass is 311 g/mol. The fourth-order valence-corrected chi connectivity index (χ4v) is 2.85. The fourth-order valence-electron chi connectivity index (χ4n) is 2.85. The number of aryl methyl sites for hydroxylation is 1. The van der Waals surface area contributed by atoms with E-state index in [2.05, 4.69) is 24.0 Å². The van der Waals surface area contributed by atoms with Crippen molar-refractivity contribution in [2.24, 2.45) is 0 Å². The van der Waals surface area contributed by atoms with Crippen molar-refractivity contribution in [3.05, 3.63) is 54.1 Å². The number of hydrogen-bond donors (Lipinski definition) is 0. The molecular weight excluding hydrogens is 286 g/mol. The van der Waals surface area contributed by atoms with Gasteiger partial charge in [-0.3, -0.25) is 4.90 Å². The lowest BCUT2D eigenvalue weighted by atomic mass is 10.1. The van der Waals surface area contributed by atoms with E-state index in [-0.39, 0.29) is 0 Å². The summed E-state index contributed by atoms with van der Waals surface area (Å²) in [6, 6.07) is 16.0. The topological polar surface area (TPSA) is 21.7 Å². The van der Waals surface area contributed by atoms with Crippen LogP contribution < -0.4 is 9.47 Å². The quantitative estimate of drug-likeness (QED) is 0.775. The predicted octanol–water partition coefficient (Wildman–Crippen LogP) is 4.65. The molecule has 3 rings (SSSR count). The first-order valence-electron chi connectivity index (χ1n) is 8.50. The molecule has 1 heterocycles. The van der Waals surface area contributed by atoms with Gasteiger partial charge in [0.25, 0.3) is 0 Å². The summed E-state index contributed by atoms with van der Waals surface area (Å²) in [6.45, 7) is 6.16. The molecule has 1 aliphatic heterocycles. The molecule has 0 amide bonds. The van der Waals surface area contributed by atoms with Gasteiger partial charge < -0.3 is 9.47 Å². The van der Waals surface area contributed by atoms with Crippen molar-refractivity contribution in [1.82, 2.24) is 4.90 Å². The molecule has 122 valence electrons. The van der Waals surface area contributed by atoms with Crippen molar-refractivity contribution in [3.8, 4) is 17.2 Å². The summed E-state index contributed by atoms with van der Waals surface area (Å²) in [6.07, 6.45) is 3.99. The molecular formula is C20H25NO2. The predicted molar refractivity (Wildman–Crippen MR) is 93.5 cm³/mol. The van der Waals surface area contributed by atoms with Gasteiger partial charge in [-0.2, -0.15) is 0 Å². The van der Waals surface area contributed by atoms with Gasteiger partial charge in [-0.05, 0) is 57.1 Å². The van der Waals surface area contributed by atoms with Crippen LogP contribution in [0.25, 0.3) is 0 Å². The average molecular weight is 311 g/mol. The largest absolute Gasteiger partial charge is 0.488 e. The van der Waals surface area contributed by atoms with Gasteiger partial charge in [0.1, 0.15) is 12.4 Å². The smallest absolute Gasteiger partial charge is 0.169 e. The van der Waals surface area contributed by atoms with Crippen LogP contribution in [0.15, 0.2) is 48.5 Å². The van der Waals surface area contributed by atoms with Crippen LogP contribution >= 0.6 is 0 Å². The van der Waals surface area contributed by atoms with Crippen LogP contribution in [-0.4, -0.2) is 31.1 Å². The van der Waals surface area contributed by atoms with E-state index in [9.17, 15) is 0 Å². The molecule has 0 bridgehead atoms. The summed E-state index contributed by atoms with van der Waals surface area (Å²) in [4.78, 5) is 2.48. The third-order valence-corrected chi connectivity index (χ3v) is 4.21. The number of hydrogen-bond acceptors (Lipinski definition) is 3. The van der Waals surface area contributed by atoms with E-state index in [1.165, 1.54) is 37.9 Å². The Bertz CT molecular complexity index is 603. The van der Waals surface area contributed by atoms with E-state index in [0.717, 1.165) is 23.8 Å². The summed E-state index contributed by atoms with van der Waals surface area (Å²) in [5.41, 5.74) is 1.23. The van der Waals surface area contributed by atoms with E-state index in [1.807, 2.05) is 36.4 Å². The SMILES string of the molecule is Cc1ccc(Oc2ccccc2OCCN2CCCCC2)cc1. The molecule has 23 heavy (non-hydrogen) atoms. The standard InChI is InChI=1S/C20H25NO2/c1-17-9-11-18(12-10-17)23-20-8-4-3-7-19(20)22-16-15-21-13-5-2-6-14-21/h3-4,7-12H,2,5-6,13-16H2,1H3. The summed E-state index contributed by atoms with van der Waals surface area (Å²) in [7, 11) is 0. The lowest BCUT2D eigenvalue weighted by molar-refractivity contribution is 0.181. The van der Waals surface area contributed by atoms with Crippen LogP contribution in [0.4, 0.5) is 0 Å². The minimum atomic E-state index is 0.703. The number of likely N-dealkylation sites (tertiary alicyclic amines) is 1. The fraction of sp³-hybridized carbons (Fsp3) is 0.400. The Morgan fingerprint density at radius 2 is 1.57 bits per heavy atom. The summed E-state index contributed by atoms with van der Waals surface area (Å²) >= 11 is 0. The Morgan fingerprint density at radius 1 is 0.870 bits per heavy atom. The molecule has 0 saturated carbocycles. The highest BCUT2D eigenvalue weighted by Gasteiger charge is 2.11. The zero-order valence-electron chi connectivity index (χ0n) is 13.8. The first kappa shape index (κ1) is 15.9. The van der Waals surface area contributed by atoms with Crippen molar-refractivity contribution in [3.63, 3.8) is 0 Å². The van der Waals surface area contributed by atoms with Crippen molar-refractivity contribution >= 4 is 0 Å². The Kier molecular flexibility index (Phi) is 5.54. The first-order valence-corrected chi connectivity index (χ1v) is 8.50. The van der Waals surface area contributed by atoms with Crippen LogP contribution in [-0.2, 0) is 0 Å². The number of benzene rings is 2. The van der Waals surface area contributed by atoms with Crippen LogP contribution in [0.2, 0.25) is 0 Å². The van der Waals surface area contributed by atoms with Crippen LogP contribution in [0, 0.1) is 6.92 Å². The molecule has 3 nitrogen and oxygen atoms in total. The van der Waals surface area contributed by atoms with Crippen LogP contribution in [0.5, 0.6) is 17.2 Å². The van der Waals surface area contributed by atoms with Crippen molar-refractivity contribution < 1.29 is 9.47 Å². The van der Waals surface area contributed by atoms with Crippen molar-refractivity contribution in [1.29, 1.82) is 0 Å². The van der Waals surface area contributed by atoms with Crippen molar-refractivity contribution in [2.75, 3.05) is 26.2 Å². The zero-order valence-corrected chi connectivity index (χ0v) is 13.8. The van der Waals surface area contributed by atoms with Crippen LogP contribution in [0.3, 0.4) is 0 Å². The molecule has 2 aromatic carbocycles. The molecule has 0 radical (unpaired) electrons. The van der Waals surface area contributed by atoms with Crippen LogP contribution in [0.1, 0.15) is 24.8 Å². The zero-order chi connectivity index (χ0) is 15.9. The van der Waals surface area contributed by atoms with E-state index < -0.39 is 0 Å². The van der Waals surface area contributed by atoms with Gasteiger partial charge in [0.15, 0.2) is 11.5 Å². The lowest BCUT2D eigenvalue weighted by Gasteiger charge is -2.26. The molecule has 1 fully saturated rings. The molecule has 0 aliphatic carbocycles. The maximum Gasteiger partial charge on any atom is 0.169 e. The van der Waals surface area contributed by atoms with Gasteiger partial charge in [0.05, 0.1) is 0 Å². The average Bonchev–Trinajstić information content (AvgIpc) is 2.59. The molecule has 0 spiro atoms. The Balaban J connectivity index is 1.57. The number of piperidine rings is 1. The molecule has 0 unspecified atom stereocenters. The lowest BCUT2D eigenvalue weighted by Crippen LogP contribution is -2.33. The second-order valence-electron chi connectivity index (χ2n) is 6.11. The highest BCUT2D eigenvalue weighted by atomic mass is 16.5. The number of para-hydroxylation sites is 2.